The number of amides is 1. The van der Waals surface area contributed by atoms with Crippen LogP contribution in [0.1, 0.15) is 22.3 Å². The standard InChI is InChI=1S/C27H26FN3O3/c1-31(2)13-12-17-6-9-21(10-7-17)29-26(19-5-3-4-18(14-19)15-24(32)33)25-22-11-8-20(28)16-23(22)30-27(25)34/h3-11,14,16,29H,12-13,15H2,1-2H3,(H,30,34)(H,32,33)/b26-25-. The molecule has 0 aliphatic carbocycles. The SMILES string of the molecule is CN(C)CCc1ccc(N/C(=C2\C(=O)Nc3cc(F)ccc32)c2cccc(CC(=O)O)c2)cc1. The molecule has 1 amide bonds. The van der Waals surface area contributed by atoms with Gasteiger partial charge in [-0.05, 0) is 73.6 Å². The van der Waals surface area contributed by atoms with Gasteiger partial charge in [-0.15, -0.1) is 0 Å². The first-order valence-electron chi connectivity index (χ1n) is 11.0. The number of fused-ring (bicyclic) bond motifs is 1. The summed E-state index contributed by atoms with van der Waals surface area (Å²) in [5.41, 5.74) is 5.13. The van der Waals surface area contributed by atoms with Gasteiger partial charge in [0.2, 0.25) is 0 Å². The quantitative estimate of drug-likeness (QED) is 0.433. The maximum Gasteiger partial charge on any atom is 0.307 e. The molecule has 3 aromatic carbocycles. The van der Waals surface area contributed by atoms with Crippen LogP contribution in [-0.2, 0) is 22.4 Å². The van der Waals surface area contributed by atoms with Gasteiger partial charge in [0.25, 0.3) is 5.91 Å². The Morgan fingerprint density at radius 1 is 1.03 bits per heavy atom. The molecule has 4 rings (SSSR count). The average molecular weight is 460 g/mol. The summed E-state index contributed by atoms with van der Waals surface area (Å²) in [6.45, 7) is 0.936. The molecule has 0 spiro atoms. The molecule has 0 fully saturated rings. The fourth-order valence-corrected chi connectivity index (χ4v) is 3.94. The van der Waals surface area contributed by atoms with Gasteiger partial charge < -0.3 is 20.6 Å². The Kier molecular flexibility index (Phi) is 6.75. The van der Waals surface area contributed by atoms with Crippen molar-refractivity contribution in [3.05, 3.63) is 94.8 Å². The number of anilines is 2. The smallest absolute Gasteiger partial charge is 0.307 e. The molecule has 3 aromatic rings. The number of hydrogen-bond acceptors (Lipinski definition) is 4. The first-order chi connectivity index (χ1) is 16.3. The first-order valence-corrected chi connectivity index (χ1v) is 11.0. The van der Waals surface area contributed by atoms with Crippen LogP contribution >= 0.6 is 0 Å². The second-order valence-corrected chi connectivity index (χ2v) is 8.54. The van der Waals surface area contributed by atoms with E-state index in [0.717, 1.165) is 18.7 Å². The third-order valence-corrected chi connectivity index (χ3v) is 5.62. The Labute approximate surface area is 197 Å². The molecule has 0 unspecified atom stereocenters. The summed E-state index contributed by atoms with van der Waals surface area (Å²) >= 11 is 0. The van der Waals surface area contributed by atoms with Crippen LogP contribution in [0.3, 0.4) is 0 Å². The zero-order chi connectivity index (χ0) is 24.2. The average Bonchev–Trinajstić information content (AvgIpc) is 3.11. The van der Waals surface area contributed by atoms with Crippen LogP contribution in [0.4, 0.5) is 15.8 Å². The lowest BCUT2D eigenvalue weighted by Crippen LogP contribution is -2.15. The van der Waals surface area contributed by atoms with Gasteiger partial charge in [-0.2, -0.15) is 0 Å². The van der Waals surface area contributed by atoms with Crippen molar-refractivity contribution < 1.29 is 19.1 Å². The van der Waals surface area contributed by atoms with Gasteiger partial charge >= 0.3 is 5.97 Å². The van der Waals surface area contributed by atoms with Crippen molar-refractivity contribution in [1.82, 2.24) is 4.90 Å². The molecule has 174 valence electrons. The minimum absolute atomic E-state index is 0.134. The number of aliphatic carboxylic acids is 1. The number of carbonyl (C=O) groups excluding carboxylic acids is 1. The van der Waals surface area contributed by atoms with Crippen LogP contribution in [0.15, 0.2) is 66.7 Å². The molecule has 0 saturated carbocycles. The second kappa shape index (κ2) is 9.89. The van der Waals surface area contributed by atoms with Gasteiger partial charge in [-0.25, -0.2) is 4.39 Å². The number of carboxylic acid groups (broad SMARTS) is 1. The number of halogens is 1. The summed E-state index contributed by atoms with van der Waals surface area (Å²) in [6, 6.07) is 19.2. The summed E-state index contributed by atoms with van der Waals surface area (Å²) < 4.78 is 13.8. The first kappa shape index (κ1) is 23.2. The van der Waals surface area contributed by atoms with Crippen LogP contribution in [0, 0.1) is 5.82 Å². The molecular formula is C27H26FN3O3. The van der Waals surface area contributed by atoms with Gasteiger partial charge in [0.1, 0.15) is 5.82 Å². The van der Waals surface area contributed by atoms with Crippen molar-refractivity contribution in [3.8, 4) is 0 Å². The monoisotopic (exact) mass is 459 g/mol. The molecule has 1 aliphatic rings. The zero-order valence-corrected chi connectivity index (χ0v) is 19.1. The van der Waals surface area contributed by atoms with Crippen LogP contribution in [0.5, 0.6) is 0 Å². The molecule has 3 N–H and O–H groups in total. The molecule has 0 radical (unpaired) electrons. The van der Waals surface area contributed by atoms with Crippen molar-refractivity contribution in [2.75, 3.05) is 31.3 Å². The van der Waals surface area contributed by atoms with Crippen molar-refractivity contribution in [2.24, 2.45) is 0 Å². The predicted molar refractivity (Wildman–Crippen MR) is 132 cm³/mol. The number of likely N-dealkylation sites (N-methyl/N-ethyl adjacent to an activating group) is 1. The van der Waals surface area contributed by atoms with Gasteiger partial charge in [0.05, 0.1) is 23.4 Å². The summed E-state index contributed by atoms with van der Waals surface area (Å²) in [6.07, 6.45) is 0.783. The van der Waals surface area contributed by atoms with Crippen LogP contribution < -0.4 is 10.6 Å². The highest BCUT2D eigenvalue weighted by atomic mass is 19.1. The summed E-state index contributed by atoms with van der Waals surface area (Å²) in [7, 11) is 4.06. The van der Waals surface area contributed by atoms with E-state index in [9.17, 15) is 19.1 Å². The van der Waals surface area contributed by atoms with E-state index < -0.39 is 11.8 Å². The van der Waals surface area contributed by atoms with Gasteiger partial charge in [-0.3, -0.25) is 9.59 Å². The Bertz CT molecular complexity index is 1270. The van der Waals surface area contributed by atoms with E-state index in [1.54, 1.807) is 24.3 Å². The van der Waals surface area contributed by atoms with E-state index in [0.29, 0.717) is 33.6 Å². The lowest BCUT2D eigenvalue weighted by Gasteiger charge is -2.16. The number of carbonyl (C=O) groups is 2. The van der Waals surface area contributed by atoms with Crippen molar-refractivity contribution >= 4 is 34.5 Å². The highest BCUT2D eigenvalue weighted by molar-refractivity contribution is 6.37. The Hall–Kier alpha value is -3.97. The van der Waals surface area contributed by atoms with Crippen molar-refractivity contribution in [3.63, 3.8) is 0 Å². The largest absolute Gasteiger partial charge is 0.481 e. The molecule has 6 nitrogen and oxygen atoms in total. The zero-order valence-electron chi connectivity index (χ0n) is 19.1. The third-order valence-electron chi connectivity index (χ3n) is 5.62. The number of nitrogens with zero attached hydrogens (tertiary/aromatic N) is 1. The fourth-order valence-electron chi connectivity index (χ4n) is 3.94. The normalized spacial score (nSPS) is 14.1. The summed E-state index contributed by atoms with van der Waals surface area (Å²) in [4.78, 5) is 26.3. The molecular weight excluding hydrogens is 433 g/mol. The Morgan fingerprint density at radius 3 is 2.50 bits per heavy atom. The molecule has 0 saturated heterocycles. The molecule has 34 heavy (non-hydrogen) atoms. The van der Waals surface area contributed by atoms with E-state index in [4.69, 9.17) is 0 Å². The van der Waals surface area contributed by atoms with Gasteiger partial charge in [0, 0.05) is 17.8 Å². The Balaban J connectivity index is 1.77. The number of hydrogen-bond donors (Lipinski definition) is 3. The van der Waals surface area contributed by atoms with E-state index in [1.165, 1.54) is 17.7 Å². The number of benzene rings is 3. The van der Waals surface area contributed by atoms with Crippen molar-refractivity contribution in [1.29, 1.82) is 0 Å². The summed E-state index contributed by atoms with van der Waals surface area (Å²) in [5, 5.41) is 15.3. The maximum atomic E-state index is 13.8. The lowest BCUT2D eigenvalue weighted by atomic mass is 9.98. The minimum Gasteiger partial charge on any atom is -0.481 e. The van der Waals surface area contributed by atoms with Crippen molar-refractivity contribution in [2.45, 2.75) is 12.8 Å². The topological polar surface area (TPSA) is 81.7 Å². The minimum atomic E-state index is -0.938. The Morgan fingerprint density at radius 2 is 1.79 bits per heavy atom. The third kappa shape index (κ3) is 5.32. The van der Waals surface area contributed by atoms with Gasteiger partial charge in [0.15, 0.2) is 0 Å². The highest BCUT2D eigenvalue weighted by Gasteiger charge is 2.29. The number of carboxylic acids is 1. The van der Waals surface area contributed by atoms with E-state index >= 15 is 0 Å². The fraction of sp³-hybridized carbons (Fsp3) is 0.185. The van der Waals surface area contributed by atoms with E-state index in [-0.39, 0.29) is 12.3 Å². The maximum absolute atomic E-state index is 13.8. The predicted octanol–water partition coefficient (Wildman–Crippen LogP) is 4.49. The van der Waals surface area contributed by atoms with Crippen LogP contribution in [0.25, 0.3) is 11.3 Å². The molecule has 0 aromatic heterocycles. The van der Waals surface area contributed by atoms with E-state index in [2.05, 4.69) is 15.5 Å². The molecule has 0 atom stereocenters. The van der Waals surface area contributed by atoms with Crippen LogP contribution in [-0.4, -0.2) is 42.5 Å². The molecule has 7 heteroatoms. The van der Waals surface area contributed by atoms with Crippen LogP contribution in [0.2, 0.25) is 0 Å². The highest BCUT2D eigenvalue weighted by Crippen LogP contribution is 2.38. The number of rotatable bonds is 8. The molecule has 1 heterocycles. The van der Waals surface area contributed by atoms with Gasteiger partial charge in [-0.1, -0.05) is 30.3 Å². The second-order valence-electron chi connectivity index (χ2n) is 8.54. The lowest BCUT2D eigenvalue weighted by molar-refractivity contribution is -0.136. The number of nitrogens with one attached hydrogen (secondary N) is 2. The van der Waals surface area contributed by atoms with E-state index in [1.807, 2.05) is 44.4 Å². The molecule has 1 aliphatic heterocycles. The summed E-state index contributed by atoms with van der Waals surface area (Å²) in [5.74, 6) is -1.73. The molecule has 0 bridgehead atoms.